The lowest BCUT2D eigenvalue weighted by molar-refractivity contribution is -0.142. The standard InChI is InChI=1S/C15H15F2NO6S/c1-4-25(21,22)18-14-12(23-8(2)19)13(20)15(3,24-14)11-9(16)6-5-7-10(11)17/h5-7,18H,4H2,1-3H3. The smallest absolute Gasteiger partial charge is 0.308 e. The molecule has 0 saturated carbocycles. The zero-order chi connectivity index (χ0) is 19.0. The molecule has 1 aromatic carbocycles. The highest BCUT2D eigenvalue weighted by Crippen LogP contribution is 2.40. The number of ether oxygens (including phenoxy) is 2. The molecule has 1 atom stereocenters. The Balaban J connectivity index is 2.57. The van der Waals surface area contributed by atoms with Crippen molar-refractivity contribution in [1.29, 1.82) is 0 Å². The van der Waals surface area contributed by atoms with E-state index in [1.54, 1.807) is 0 Å². The highest BCUT2D eigenvalue weighted by Gasteiger charge is 2.52. The van der Waals surface area contributed by atoms with Crippen LogP contribution in [0.5, 0.6) is 0 Å². The molecule has 1 unspecified atom stereocenters. The van der Waals surface area contributed by atoms with Crippen LogP contribution in [0.25, 0.3) is 0 Å². The van der Waals surface area contributed by atoms with Crippen LogP contribution < -0.4 is 4.72 Å². The molecule has 0 aliphatic carbocycles. The van der Waals surface area contributed by atoms with Crippen molar-refractivity contribution in [2.24, 2.45) is 0 Å². The molecule has 0 aromatic heterocycles. The van der Waals surface area contributed by atoms with Crippen LogP contribution in [0.1, 0.15) is 26.3 Å². The van der Waals surface area contributed by atoms with Gasteiger partial charge in [-0.3, -0.25) is 14.3 Å². The van der Waals surface area contributed by atoms with E-state index in [1.165, 1.54) is 6.92 Å². The van der Waals surface area contributed by atoms with Crippen molar-refractivity contribution in [3.05, 3.63) is 47.0 Å². The minimum absolute atomic E-state index is 0.369. The first-order valence-electron chi connectivity index (χ1n) is 7.13. The summed E-state index contributed by atoms with van der Waals surface area (Å²) in [6.07, 6.45) is 0. The van der Waals surface area contributed by atoms with Gasteiger partial charge in [-0.2, -0.15) is 0 Å². The fourth-order valence-electron chi connectivity index (χ4n) is 2.25. The summed E-state index contributed by atoms with van der Waals surface area (Å²) < 4.78 is 63.6. The van der Waals surface area contributed by atoms with Crippen LogP contribution in [-0.4, -0.2) is 25.9 Å². The first-order chi connectivity index (χ1) is 11.5. The third kappa shape index (κ3) is 3.48. The maximum Gasteiger partial charge on any atom is 0.308 e. The highest BCUT2D eigenvalue weighted by molar-refractivity contribution is 7.89. The average Bonchev–Trinajstić information content (AvgIpc) is 2.71. The Morgan fingerprint density at radius 3 is 2.36 bits per heavy atom. The Morgan fingerprint density at radius 2 is 1.88 bits per heavy atom. The maximum atomic E-state index is 14.1. The predicted octanol–water partition coefficient (Wildman–Crippen LogP) is 1.45. The first kappa shape index (κ1) is 18.8. The second kappa shape index (κ2) is 6.43. The molecule has 1 heterocycles. The van der Waals surface area contributed by atoms with E-state index in [0.717, 1.165) is 32.0 Å². The summed E-state index contributed by atoms with van der Waals surface area (Å²) in [5.74, 6) is -6.01. The van der Waals surface area contributed by atoms with E-state index in [2.05, 4.69) is 0 Å². The summed E-state index contributed by atoms with van der Waals surface area (Å²) in [6.45, 7) is 3.35. The molecule has 0 spiro atoms. The van der Waals surface area contributed by atoms with E-state index in [9.17, 15) is 26.8 Å². The van der Waals surface area contributed by atoms with Crippen molar-refractivity contribution in [3.63, 3.8) is 0 Å². The van der Waals surface area contributed by atoms with E-state index < -0.39 is 56.2 Å². The minimum atomic E-state index is -3.91. The fraction of sp³-hybridized carbons (Fsp3) is 0.333. The summed E-state index contributed by atoms with van der Waals surface area (Å²) in [4.78, 5) is 23.8. The van der Waals surface area contributed by atoms with Crippen LogP contribution in [0.3, 0.4) is 0 Å². The topological polar surface area (TPSA) is 98.8 Å². The maximum absolute atomic E-state index is 14.1. The summed E-state index contributed by atoms with van der Waals surface area (Å²) in [6, 6.07) is 2.93. The lowest BCUT2D eigenvalue weighted by atomic mass is 9.90. The van der Waals surface area contributed by atoms with Gasteiger partial charge in [0.15, 0.2) is 0 Å². The quantitative estimate of drug-likeness (QED) is 0.782. The van der Waals surface area contributed by atoms with Gasteiger partial charge < -0.3 is 9.47 Å². The zero-order valence-corrected chi connectivity index (χ0v) is 14.4. The molecule has 2 rings (SSSR count). The van der Waals surface area contributed by atoms with Crippen LogP contribution in [0.4, 0.5) is 8.78 Å². The monoisotopic (exact) mass is 375 g/mol. The SMILES string of the molecule is CCS(=O)(=O)NC1=C(OC(C)=O)C(=O)C(C)(c2c(F)cccc2F)O1. The van der Waals surface area contributed by atoms with Gasteiger partial charge in [0, 0.05) is 6.92 Å². The molecule has 0 saturated heterocycles. The van der Waals surface area contributed by atoms with Gasteiger partial charge in [-0.05, 0) is 26.0 Å². The lowest BCUT2D eigenvalue weighted by Gasteiger charge is -2.24. The molecular formula is C15H15F2NO6S. The van der Waals surface area contributed by atoms with Crippen LogP contribution in [-0.2, 0) is 34.7 Å². The number of halogens is 2. The molecule has 10 heteroatoms. The predicted molar refractivity (Wildman–Crippen MR) is 81.2 cm³/mol. The molecule has 0 fully saturated rings. The zero-order valence-electron chi connectivity index (χ0n) is 13.6. The van der Waals surface area contributed by atoms with Gasteiger partial charge in [0.05, 0.1) is 11.3 Å². The molecule has 0 amide bonds. The molecule has 0 bridgehead atoms. The van der Waals surface area contributed by atoms with Crippen molar-refractivity contribution in [2.75, 3.05) is 5.75 Å². The van der Waals surface area contributed by atoms with Crippen molar-refractivity contribution >= 4 is 21.8 Å². The van der Waals surface area contributed by atoms with Gasteiger partial charge in [-0.15, -0.1) is 0 Å². The van der Waals surface area contributed by atoms with Gasteiger partial charge in [0.25, 0.3) is 5.78 Å². The van der Waals surface area contributed by atoms with Crippen molar-refractivity contribution in [3.8, 4) is 0 Å². The van der Waals surface area contributed by atoms with Gasteiger partial charge in [0.1, 0.15) is 11.6 Å². The number of sulfonamides is 1. The number of ketones is 1. The minimum Gasteiger partial charge on any atom is -0.456 e. The molecule has 1 aromatic rings. The van der Waals surface area contributed by atoms with Gasteiger partial charge >= 0.3 is 5.97 Å². The van der Waals surface area contributed by atoms with Crippen molar-refractivity contribution in [1.82, 2.24) is 4.72 Å². The van der Waals surface area contributed by atoms with Crippen LogP contribution in [0.2, 0.25) is 0 Å². The second-order valence-electron chi connectivity index (χ2n) is 5.32. The van der Waals surface area contributed by atoms with Crippen LogP contribution in [0.15, 0.2) is 29.8 Å². The Morgan fingerprint density at radius 1 is 1.32 bits per heavy atom. The number of nitrogens with one attached hydrogen (secondary N) is 1. The van der Waals surface area contributed by atoms with Gasteiger partial charge in [-0.25, -0.2) is 17.2 Å². The number of rotatable bonds is 5. The summed E-state index contributed by atoms with van der Waals surface area (Å²) >= 11 is 0. The molecule has 0 radical (unpaired) electrons. The first-order valence-corrected chi connectivity index (χ1v) is 8.78. The molecule has 136 valence electrons. The third-order valence-corrected chi connectivity index (χ3v) is 4.72. The largest absolute Gasteiger partial charge is 0.456 e. The summed E-state index contributed by atoms with van der Waals surface area (Å²) in [7, 11) is -3.91. The third-order valence-electron chi connectivity index (χ3n) is 3.47. The number of Topliss-reactive ketones (excluding diaryl/α,β-unsaturated/α-hetero) is 1. The lowest BCUT2D eigenvalue weighted by Crippen LogP contribution is -2.34. The van der Waals surface area contributed by atoms with Gasteiger partial charge in [-0.1, -0.05) is 6.07 Å². The van der Waals surface area contributed by atoms with Crippen LogP contribution in [0, 0.1) is 11.6 Å². The molecule has 1 aliphatic rings. The fourth-order valence-corrected chi connectivity index (χ4v) is 2.81. The Bertz CT molecular complexity index is 860. The Kier molecular flexibility index (Phi) is 4.85. The number of benzene rings is 1. The van der Waals surface area contributed by atoms with Gasteiger partial charge in [0.2, 0.25) is 27.3 Å². The molecular weight excluding hydrogens is 360 g/mol. The Labute approximate surface area is 142 Å². The van der Waals surface area contributed by atoms with Crippen molar-refractivity contribution in [2.45, 2.75) is 26.4 Å². The Hall–Kier alpha value is -2.49. The summed E-state index contributed by atoms with van der Waals surface area (Å²) in [5.41, 5.74) is -2.97. The van der Waals surface area contributed by atoms with Crippen molar-refractivity contribution < 1.29 is 36.3 Å². The van der Waals surface area contributed by atoms with E-state index in [1.807, 2.05) is 4.72 Å². The molecule has 25 heavy (non-hydrogen) atoms. The second-order valence-corrected chi connectivity index (χ2v) is 7.33. The number of hydrogen-bond acceptors (Lipinski definition) is 6. The summed E-state index contributed by atoms with van der Waals surface area (Å²) in [5, 5.41) is 0. The number of esters is 1. The normalized spacial score (nSPS) is 20.4. The number of carbonyl (C=O) groups excluding carboxylic acids is 2. The number of carbonyl (C=O) groups is 2. The van der Waals surface area contributed by atoms with E-state index in [4.69, 9.17) is 9.47 Å². The average molecular weight is 375 g/mol. The van der Waals surface area contributed by atoms with E-state index in [-0.39, 0.29) is 5.75 Å². The van der Waals surface area contributed by atoms with E-state index in [0.29, 0.717) is 0 Å². The molecule has 1 N–H and O–H groups in total. The number of hydrogen-bond donors (Lipinski definition) is 1. The molecule has 1 aliphatic heterocycles. The molecule has 7 nitrogen and oxygen atoms in total. The van der Waals surface area contributed by atoms with Crippen LogP contribution >= 0.6 is 0 Å². The highest BCUT2D eigenvalue weighted by atomic mass is 32.2. The van der Waals surface area contributed by atoms with E-state index >= 15 is 0 Å².